The lowest BCUT2D eigenvalue weighted by Crippen LogP contribution is -2.27. The minimum absolute atomic E-state index is 0.0261. The van der Waals surface area contributed by atoms with Gasteiger partial charge in [-0.05, 0) is 18.1 Å². The van der Waals surface area contributed by atoms with E-state index in [2.05, 4.69) is 4.98 Å². The summed E-state index contributed by atoms with van der Waals surface area (Å²) < 4.78 is 22.9. The van der Waals surface area contributed by atoms with E-state index in [9.17, 15) is 8.42 Å². The molecule has 2 heterocycles. The molecule has 1 aromatic rings. The van der Waals surface area contributed by atoms with Gasteiger partial charge >= 0.3 is 0 Å². The van der Waals surface area contributed by atoms with Gasteiger partial charge in [0.2, 0.25) is 0 Å². The highest BCUT2D eigenvalue weighted by molar-refractivity contribution is 7.91. The fourth-order valence-corrected chi connectivity index (χ4v) is 3.14. The Kier molecular flexibility index (Phi) is 3.63. The molecule has 0 radical (unpaired) electrons. The van der Waals surface area contributed by atoms with Crippen LogP contribution >= 0.6 is 0 Å². The maximum atomic E-state index is 11.5. The molecule has 5 nitrogen and oxygen atoms in total. The van der Waals surface area contributed by atoms with Gasteiger partial charge in [0, 0.05) is 19.3 Å². The van der Waals surface area contributed by atoms with E-state index in [1.165, 1.54) is 0 Å². The lowest BCUT2D eigenvalue weighted by molar-refractivity contribution is 0.281. The zero-order chi connectivity index (χ0) is 12.3. The molecule has 1 fully saturated rings. The van der Waals surface area contributed by atoms with Crippen molar-refractivity contribution in [1.29, 1.82) is 0 Å². The third-order valence-electron chi connectivity index (χ3n) is 2.87. The van der Waals surface area contributed by atoms with Gasteiger partial charge in [-0.1, -0.05) is 6.07 Å². The molecule has 0 unspecified atom stereocenters. The maximum Gasteiger partial charge on any atom is 0.152 e. The molecule has 0 aliphatic carbocycles. The van der Waals surface area contributed by atoms with Crippen LogP contribution in [0.25, 0.3) is 0 Å². The number of sulfone groups is 1. The van der Waals surface area contributed by atoms with Crippen LogP contribution in [0.2, 0.25) is 0 Å². The van der Waals surface area contributed by atoms with E-state index in [-0.39, 0.29) is 18.1 Å². The number of aliphatic hydroxyl groups is 1. The second kappa shape index (κ2) is 5.01. The smallest absolute Gasteiger partial charge is 0.152 e. The summed E-state index contributed by atoms with van der Waals surface area (Å²) >= 11 is 0. The van der Waals surface area contributed by atoms with Gasteiger partial charge in [-0.25, -0.2) is 13.4 Å². The molecule has 17 heavy (non-hydrogen) atoms. The molecule has 1 aliphatic heterocycles. The zero-order valence-corrected chi connectivity index (χ0v) is 10.4. The fraction of sp³-hybridized carbons (Fsp3) is 0.545. The van der Waals surface area contributed by atoms with Crippen molar-refractivity contribution in [2.75, 3.05) is 29.5 Å². The highest BCUT2D eigenvalue weighted by atomic mass is 32.2. The average Bonchev–Trinajstić information content (AvgIpc) is 2.50. The van der Waals surface area contributed by atoms with Crippen molar-refractivity contribution in [2.45, 2.75) is 13.0 Å². The van der Waals surface area contributed by atoms with Gasteiger partial charge in [0.05, 0.1) is 18.1 Å². The predicted molar refractivity (Wildman–Crippen MR) is 65.6 cm³/mol. The lowest BCUT2D eigenvalue weighted by atomic mass is 10.3. The molecule has 1 saturated heterocycles. The van der Waals surface area contributed by atoms with E-state index >= 15 is 0 Å². The Hall–Kier alpha value is -1.14. The number of aliphatic hydroxyl groups excluding tert-OH is 1. The molecular weight excluding hydrogens is 240 g/mol. The lowest BCUT2D eigenvalue weighted by Gasteiger charge is -2.20. The van der Waals surface area contributed by atoms with Crippen LogP contribution < -0.4 is 4.90 Å². The molecule has 0 spiro atoms. The van der Waals surface area contributed by atoms with Gasteiger partial charge in [-0.15, -0.1) is 0 Å². The summed E-state index contributed by atoms with van der Waals surface area (Å²) in [6.07, 6.45) is 2.26. The van der Waals surface area contributed by atoms with Gasteiger partial charge in [0.1, 0.15) is 5.82 Å². The Bertz CT molecular complexity index is 470. The number of pyridine rings is 1. The molecule has 1 aliphatic rings. The third kappa shape index (κ3) is 3.17. The first-order valence-corrected chi connectivity index (χ1v) is 7.44. The van der Waals surface area contributed by atoms with E-state index in [4.69, 9.17) is 5.11 Å². The average molecular weight is 256 g/mol. The normalized spacial score (nSPS) is 19.9. The van der Waals surface area contributed by atoms with Crippen LogP contribution in [0.15, 0.2) is 18.3 Å². The van der Waals surface area contributed by atoms with Crippen LogP contribution in [0.4, 0.5) is 5.82 Å². The summed E-state index contributed by atoms with van der Waals surface area (Å²) in [7, 11) is -2.88. The number of hydrogen-bond acceptors (Lipinski definition) is 5. The molecule has 94 valence electrons. The topological polar surface area (TPSA) is 70.5 Å². The quantitative estimate of drug-likeness (QED) is 0.818. The van der Waals surface area contributed by atoms with Crippen LogP contribution in [-0.2, 0) is 16.4 Å². The molecule has 0 atom stereocenters. The molecular formula is C11H16N2O3S. The molecule has 0 aromatic carbocycles. The molecule has 0 bridgehead atoms. The minimum atomic E-state index is -2.88. The van der Waals surface area contributed by atoms with Crippen LogP contribution in [0.3, 0.4) is 0 Å². The molecule has 1 aromatic heterocycles. The zero-order valence-electron chi connectivity index (χ0n) is 9.54. The van der Waals surface area contributed by atoms with E-state index in [0.29, 0.717) is 19.5 Å². The molecule has 0 saturated carbocycles. The standard InChI is InChI=1S/C11H16N2O3S/c14-9-10-2-3-11(12-8-10)13-4-1-6-17(15,16)7-5-13/h2-3,8,14H,1,4-7,9H2. The van der Waals surface area contributed by atoms with E-state index in [1.807, 2.05) is 17.0 Å². The summed E-state index contributed by atoms with van der Waals surface area (Å²) in [5.74, 6) is 1.23. The Morgan fingerprint density at radius 3 is 2.76 bits per heavy atom. The predicted octanol–water partition coefficient (Wildman–Crippen LogP) is 0.199. The van der Waals surface area contributed by atoms with Crippen LogP contribution in [0.5, 0.6) is 0 Å². The maximum absolute atomic E-state index is 11.5. The second-order valence-corrected chi connectivity index (χ2v) is 6.48. The van der Waals surface area contributed by atoms with E-state index < -0.39 is 9.84 Å². The van der Waals surface area contributed by atoms with Gasteiger partial charge in [0.15, 0.2) is 9.84 Å². The van der Waals surface area contributed by atoms with Crippen LogP contribution in [0.1, 0.15) is 12.0 Å². The van der Waals surface area contributed by atoms with Gasteiger partial charge in [0.25, 0.3) is 0 Å². The largest absolute Gasteiger partial charge is 0.392 e. The summed E-state index contributed by atoms with van der Waals surface area (Å²) in [5.41, 5.74) is 0.760. The number of anilines is 1. The van der Waals surface area contributed by atoms with Crippen molar-refractivity contribution in [3.63, 3.8) is 0 Å². The van der Waals surface area contributed by atoms with E-state index in [1.54, 1.807) is 6.20 Å². The van der Waals surface area contributed by atoms with Crippen molar-refractivity contribution < 1.29 is 13.5 Å². The minimum Gasteiger partial charge on any atom is -0.392 e. The number of hydrogen-bond donors (Lipinski definition) is 1. The van der Waals surface area contributed by atoms with Crippen molar-refractivity contribution in [3.05, 3.63) is 23.9 Å². The molecule has 0 amide bonds. The summed E-state index contributed by atoms with van der Waals surface area (Å²) in [4.78, 5) is 6.21. The number of nitrogens with zero attached hydrogens (tertiary/aromatic N) is 2. The number of rotatable bonds is 2. The van der Waals surface area contributed by atoms with Crippen LogP contribution in [0, 0.1) is 0 Å². The number of aromatic nitrogens is 1. The van der Waals surface area contributed by atoms with Crippen molar-refractivity contribution >= 4 is 15.7 Å². The summed E-state index contributed by atoms with van der Waals surface area (Å²) in [6, 6.07) is 3.63. The van der Waals surface area contributed by atoms with Gasteiger partial charge in [-0.3, -0.25) is 0 Å². The third-order valence-corrected chi connectivity index (χ3v) is 4.59. The Labute approximate surface area is 101 Å². The summed E-state index contributed by atoms with van der Waals surface area (Å²) in [5, 5.41) is 8.92. The molecule has 6 heteroatoms. The first-order valence-electron chi connectivity index (χ1n) is 5.62. The van der Waals surface area contributed by atoms with Crippen molar-refractivity contribution in [3.8, 4) is 0 Å². The van der Waals surface area contributed by atoms with Gasteiger partial charge in [-0.2, -0.15) is 0 Å². The molecule has 2 rings (SSSR count). The monoisotopic (exact) mass is 256 g/mol. The fourth-order valence-electron chi connectivity index (χ4n) is 1.86. The van der Waals surface area contributed by atoms with Gasteiger partial charge < -0.3 is 10.0 Å². The SMILES string of the molecule is O=S1(=O)CCCN(c2ccc(CO)cn2)CC1. The Balaban J connectivity index is 2.11. The second-order valence-electron chi connectivity index (χ2n) is 4.18. The highest BCUT2D eigenvalue weighted by Crippen LogP contribution is 2.15. The van der Waals surface area contributed by atoms with Crippen molar-refractivity contribution in [1.82, 2.24) is 4.98 Å². The van der Waals surface area contributed by atoms with Crippen molar-refractivity contribution in [2.24, 2.45) is 0 Å². The first-order chi connectivity index (χ1) is 8.11. The summed E-state index contributed by atoms with van der Waals surface area (Å²) in [6.45, 7) is 1.18. The Morgan fingerprint density at radius 1 is 1.29 bits per heavy atom. The van der Waals surface area contributed by atoms with E-state index in [0.717, 1.165) is 11.4 Å². The first kappa shape index (κ1) is 12.3. The molecule has 1 N–H and O–H groups in total. The Morgan fingerprint density at radius 2 is 2.12 bits per heavy atom. The highest BCUT2D eigenvalue weighted by Gasteiger charge is 2.19. The van der Waals surface area contributed by atoms with Crippen LogP contribution in [-0.4, -0.2) is 43.1 Å².